The number of hydrogen-bond donors (Lipinski definition) is 1. The van der Waals surface area contributed by atoms with E-state index in [-0.39, 0.29) is 23.5 Å². The molecule has 0 saturated carbocycles. The number of aromatic nitrogens is 5. The molecule has 3 aromatic heterocycles. The number of amides is 1. The number of carbonyl (C=O) groups is 1. The van der Waals surface area contributed by atoms with Crippen LogP contribution in [-0.2, 0) is 4.79 Å². The van der Waals surface area contributed by atoms with Crippen molar-refractivity contribution < 1.29 is 9.53 Å². The topological polar surface area (TPSA) is 106 Å². The Morgan fingerprint density at radius 1 is 1.38 bits per heavy atom. The molecule has 1 aliphatic rings. The molecular formula is C17H18N6O3. The molecule has 134 valence electrons. The van der Waals surface area contributed by atoms with Crippen molar-refractivity contribution in [1.29, 1.82) is 0 Å². The summed E-state index contributed by atoms with van der Waals surface area (Å²) < 4.78 is 7.45. The molecule has 0 unspecified atom stereocenters. The van der Waals surface area contributed by atoms with Crippen molar-refractivity contribution in [3.63, 3.8) is 0 Å². The second kappa shape index (κ2) is 6.58. The van der Waals surface area contributed by atoms with Gasteiger partial charge in [-0.15, -0.1) is 0 Å². The van der Waals surface area contributed by atoms with Crippen LogP contribution in [0.4, 0.5) is 0 Å². The SMILES string of the molecule is CC(=O)N1CCC[C@H](n2cc(Oc3nc4cnccc4c(=O)[nH]3)cn2)C1. The van der Waals surface area contributed by atoms with Crippen molar-refractivity contribution >= 4 is 16.8 Å². The molecule has 1 saturated heterocycles. The highest BCUT2D eigenvalue weighted by atomic mass is 16.5. The monoisotopic (exact) mass is 354 g/mol. The van der Waals surface area contributed by atoms with Crippen molar-refractivity contribution in [1.82, 2.24) is 29.6 Å². The van der Waals surface area contributed by atoms with Crippen LogP contribution >= 0.6 is 0 Å². The van der Waals surface area contributed by atoms with Crippen molar-refractivity contribution in [2.75, 3.05) is 13.1 Å². The number of pyridine rings is 1. The van der Waals surface area contributed by atoms with Gasteiger partial charge in [-0.05, 0) is 18.9 Å². The Kier molecular flexibility index (Phi) is 4.11. The summed E-state index contributed by atoms with van der Waals surface area (Å²) in [5, 5.41) is 4.79. The summed E-state index contributed by atoms with van der Waals surface area (Å²) in [7, 11) is 0. The van der Waals surface area contributed by atoms with Gasteiger partial charge < -0.3 is 9.64 Å². The van der Waals surface area contributed by atoms with E-state index in [0.29, 0.717) is 23.2 Å². The number of aromatic amines is 1. The van der Waals surface area contributed by atoms with Crippen LogP contribution in [0.15, 0.2) is 35.6 Å². The highest BCUT2D eigenvalue weighted by Crippen LogP contribution is 2.24. The molecule has 0 spiro atoms. The quantitative estimate of drug-likeness (QED) is 0.764. The molecule has 1 atom stereocenters. The second-order valence-electron chi connectivity index (χ2n) is 6.28. The van der Waals surface area contributed by atoms with Crippen molar-refractivity contribution in [3.8, 4) is 11.8 Å². The minimum Gasteiger partial charge on any atom is -0.422 e. The van der Waals surface area contributed by atoms with Gasteiger partial charge in [-0.25, -0.2) is 0 Å². The molecule has 0 bridgehead atoms. The minimum absolute atomic E-state index is 0.0740. The Labute approximate surface area is 148 Å². The van der Waals surface area contributed by atoms with E-state index in [0.717, 1.165) is 19.4 Å². The second-order valence-corrected chi connectivity index (χ2v) is 6.28. The Hall–Kier alpha value is -3.23. The molecule has 0 aliphatic carbocycles. The average molecular weight is 354 g/mol. The van der Waals surface area contributed by atoms with Crippen LogP contribution in [-0.4, -0.2) is 48.6 Å². The lowest BCUT2D eigenvalue weighted by Crippen LogP contribution is -2.39. The van der Waals surface area contributed by atoms with Crippen LogP contribution in [0.2, 0.25) is 0 Å². The summed E-state index contributed by atoms with van der Waals surface area (Å²) in [6.45, 7) is 3.00. The van der Waals surface area contributed by atoms with Crippen LogP contribution in [0.25, 0.3) is 10.9 Å². The van der Waals surface area contributed by atoms with Crippen LogP contribution in [0, 0.1) is 0 Å². The van der Waals surface area contributed by atoms with Crippen molar-refractivity contribution in [3.05, 3.63) is 41.2 Å². The maximum absolute atomic E-state index is 12.1. The van der Waals surface area contributed by atoms with Gasteiger partial charge in [0.25, 0.3) is 5.56 Å². The summed E-state index contributed by atoms with van der Waals surface area (Å²) in [5.41, 5.74) is 0.173. The molecule has 4 heterocycles. The summed E-state index contributed by atoms with van der Waals surface area (Å²) in [4.78, 5) is 36.3. The van der Waals surface area contributed by atoms with Gasteiger partial charge in [0, 0.05) is 26.2 Å². The molecule has 1 N–H and O–H groups in total. The number of rotatable bonds is 3. The maximum atomic E-state index is 12.1. The Balaban J connectivity index is 1.54. The minimum atomic E-state index is -0.288. The predicted octanol–water partition coefficient (Wildman–Crippen LogP) is 1.49. The molecule has 4 rings (SSSR count). The fourth-order valence-electron chi connectivity index (χ4n) is 3.16. The van der Waals surface area contributed by atoms with Gasteiger partial charge in [0.1, 0.15) is 0 Å². The molecule has 0 aromatic carbocycles. The first-order valence-corrected chi connectivity index (χ1v) is 8.42. The Bertz CT molecular complexity index is 1010. The smallest absolute Gasteiger partial charge is 0.302 e. The van der Waals surface area contributed by atoms with E-state index in [4.69, 9.17) is 4.74 Å². The van der Waals surface area contributed by atoms with Gasteiger partial charge in [0.15, 0.2) is 5.75 Å². The lowest BCUT2D eigenvalue weighted by molar-refractivity contribution is -0.130. The molecule has 1 aliphatic heterocycles. The lowest BCUT2D eigenvalue weighted by Gasteiger charge is -2.32. The number of likely N-dealkylation sites (tertiary alicyclic amines) is 1. The number of nitrogens with zero attached hydrogens (tertiary/aromatic N) is 5. The van der Waals surface area contributed by atoms with Gasteiger partial charge in [-0.1, -0.05) is 0 Å². The van der Waals surface area contributed by atoms with Gasteiger partial charge in [-0.2, -0.15) is 10.1 Å². The third kappa shape index (κ3) is 3.15. The first-order valence-electron chi connectivity index (χ1n) is 8.42. The zero-order valence-electron chi connectivity index (χ0n) is 14.3. The molecule has 9 nitrogen and oxygen atoms in total. The maximum Gasteiger partial charge on any atom is 0.302 e. The highest BCUT2D eigenvalue weighted by molar-refractivity contribution is 5.76. The third-order valence-electron chi connectivity index (χ3n) is 4.50. The van der Waals surface area contributed by atoms with E-state index in [1.807, 2.05) is 4.90 Å². The number of nitrogens with one attached hydrogen (secondary N) is 1. The number of ether oxygens (including phenoxy) is 1. The molecular weight excluding hydrogens is 336 g/mol. The normalized spacial score (nSPS) is 17.4. The highest BCUT2D eigenvalue weighted by Gasteiger charge is 2.23. The number of H-pyrrole nitrogens is 1. The summed E-state index contributed by atoms with van der Waals surface area (Å²) in [6, 6.07) is 1.80. The van der Waals surface area contributed by atoms with E-state index in [9.17, 15) is 9.59 Å². The van der Waals surface area contributed by atoms with E-state index in [2.05, 4.69) is 20.1 Å². The summed E-state index contributed by atoms with van der Waals surface area (Å²) in [5.74, 6) is 0.543. The molecule has 0 radical (unpaired) electrons. The summed E-state index contributed by atoms with van der Waals surface area (Å²) in [6.07, 6.45) is 8.26. The van der Waals surface area contributed by atoms with Gasteiger partial charge >= 0.3 is 6.01 Å². The first-order chi connectivity index (χ1) is 12.6. The van der Waals surface area contributed by atoms with Crippen LogP contribution in [0.1, 0.15) is 25.8 Å². The predicted molar refractivity (Wildman–Crippen MR) is 93.0 cm³/mol. The number of carbonyl (C=O) groups excluding carboxylic acids is 1. The van der Waals surface area contributed by atoms with Crippen LogP contribution in [0.3, 0.4) is 0 Å². The number of fused-ring (bicyclic) bond motifs is 1. The standard InChI is InChI=1S/C17H18N6O3/c1-11(24)22-6-2-3-12(9-22)23-10-13(7-19-23)26-17-20-15-8-18-5-4-14(15)16(25)21-17/h4-5,7-8,10,12H,2-3,6,9H2,1H3,(H,20,21,25)/t12-/m0/s1. The lowest BCUT2D eigenvalue weighted by atomic mass is 10.1. The van der Waals surface area contributed by atoms with Gasteiger partial charge in [0.2, 0.25) is 5.91 Å². The molecule has 1 amide bonds. The zero-order chi connectivity index (χ0) is 18.1. The van der Waals surface area contributed by atoms with E-state index in [1.54, 1.807) is 36.3 Å². The van der Waals surface area contributed by atoms with E-state index in [1.165, 1.54) is 6.20 Å². The van der Waals surface area contributed by atoms with E-state index < -0.39 is 0 Å². The number of piperidine rings is 1. The molecule has 9 heteroatoms. The largest absolute Gasteiger partial charge is 0.422 e. The van der Waals surface area contributed by atoms with Gasteiger partial charge in [-0.3, -0.25) is 24.2 Å². The van der Waals surface area contributed by atoms with Crippen LogP contribution in [0.5, 0.6) is 11.8 Å². The third-order valence-corrected chi connectivity index (χ3v) is 4.50. The fraction of sp³-hybridized carbons (Fsp3) is 0.353. The Morgan fingerprint density at radius 2 is 2.27 bits per heavy atom. The first kappa shape index (κ1) is 16.2. The Morgan fingerprint density at radius 3 is 3.12 bits per heavy atom. The zero-order valence-corrected chi connectivity index (χ0v) is 14.3. The van der Waals surface area contributed by atoms with E-state index >= 15 is 0 Å². The van der Waals surface area contributed by atoms with Crippen LogP contribution < -0.4 is 10.3 Å². The average Bonchev–Trinajstić information content (AvgIpc) is 3.10. The number of hydrogen-bond acceptors (Lipinski definition) is 6. The van der Waals surface area contributed by atoms with Gasteiger partial charge in [0.05, 0.1) is 35.5 Å². The summed E-state index contributed by atoms with van der Waals surface area (Å²) >= 11 is 0. The van der Waals surface area contributed by atoms with Crippen molar-refractivity contribution in [2.45, 2.75) is 25.8 Å². The van der Waals surface area contributed by atoms with Crippen molar-refractivity contribution in [2.24, 2.45) is 0 Å². The fourth-order valence-corrected chi connectivity index (χ4v) is 3.16. The molecule has 3 aromatic rings. The molecule has 1 fully saturated rings. The molecule has 26 heavy (non-hydrogen) atoms.